The van der Waals surface area contributed by atoms with E-state index in [1.54, 1.807) is 6.07 Å². The van der Waals surface area contributed by atoms with Gasteiger partial charge in [-0.1, -0.05) is 24.3 Å². The number of hydrogen-bond acceptors (Lipinski definition) is 3. The predicted molar refractivity (Wildman–Crippen MR) is 81.0 cm³/mol. The van der Waals surface area contributed by atoms with E-state index in [2.05, 4.69) is 15.9 Å². The Balaban J connectivity index is 2.21. The molecule has 5 heteroatoms. The molecule has 0 aliphatic heterocycles. The molecule has 0 bridgehead atoms. The minimum atomic E-state index is -0.411. The molecular formula is C15H14BrNO3. The summed E-state index contributed by atoms with van der Waals surface area (Å²) in [7, 11) is 0. The second-order valence-electron chi connectivity index (χ2n) is 4.56. The van der Waals surface area contributed by atoms with E-state index in [4.69, 9.17) is 4.74 Å². The number of rotatable bonds is 4. The highest BCUT2D eigenvalue weighted by Gasteiger charge is 2.15. The molecule has 0 aliphatic rings. The topological polar surface area (TPSA) is 52.4 Å². The van der Waals surface area contributed by atoms with Crippen LogP contribution in [-0.2, 0) is 6.61 Å². The Bertz CT molecular complexity index is 656. The van der Waals surface area contributed by atoms with Gasteiger partial charge >= 0.3 is 0 Å². The Morgan fingerprint density at radius 1 is 1.25 bits per heavy atom. The number of hydrogen-bond donors (Lipinski definition) is 0. The van der Waals surface area contributed by atoms with Crippen molar-refractivity contribution in [3.05, 3.63) is 67.7 Å². The van der Waals surface area contributed by atoms with Gasteiger partial charge in [-0.25, -0.2) is 0 Å². The zero-order chi connectivity index (χ0) is 14.7. The maximum atomic E-state index is 10.9. The molecular weight excluding hydrogens is 322 g/mol. The summed E-state index contributed by atoms with van der Waals surface area (Å²) in [6, 6.07) is 10.9. The number of halogens is 1. The third kappa shape index (κ3) is 3.17. The third-order valence-electron chi connectivity index (χ3n) is 2.98. The maximum absolute atomic E-state index is 10.9. The lowest BCUT2D eigenvalue weighted by atomic mass is 10.1. The van der Waals surface area contributed by atoms with E-state index in [0.717, 1.165) is 22.4 Å². The van der Waals surface area contributed by atoms with Crippen molar-refractivity contribution in [3.8, 4) is 5.75 Å². The molecule has 0 fully saturated rings. The van der Waals surface area contributed by atoms with Crippen LogP contribution in [0.2, 0.25) is 0 Å². The normalized spacial score (nSPS) is 10.3. The Morgan fingerprint density at radius 3 is 2.70 bits per heavy atom. The van der Waals surface area contributed by atoms with Gasteiger partial charge in [0.25, 0.3) is 5.69 Å². The summed E-state index contributed by atoms with van der Waals surface area (Å²) in [6.07, 6.45) is 0. The van der Waals surface area contributed by atoms with Crippen LogP contribution in [0.5, 0.6) is 5.75 Å². The summed E-state index contributed by atoms with van der Waals surface area (Å²) in [6.45, 7) is 4.25. The SMILES string of the molecule is Cc1ccc(C)c(OCc2cccc([N+](=O)[O-])c2Br)c1. The second-order valence-corrected chi connectivity index (χ2v) is 5.36. The maximum Gasteiger partial charge on any atom is 0.283 e. The highest BCUT2D eigenvalue weighted by Crippen LogP contribution is 2.29. The molecule has 20 heavy (non-hydrogen) atoms. The van der Waals surface area contributed by atoms with E-state index >= 15 is 0 Å². The summed E-state index contributed by atoms with van der Waals surface area (Å²) in [5, 5.41) is 10.9. The summed E-state index contributed by atoms with van der Waals surface area (Å²) in [5.74, 6) is 0.795. The molecule has 0 atom stereocenters. The van der Waals surface area contributed by atoms with Gasteiger partial charge < -0.3 is 4.74 Å². The molecule has 104 valence electrons. The van der Waals surface area contributed by atoms with Crippen molar-refractivity contribution in [3.63, 3.8) is 0 Å². The number of benzene rings is 2. The molecule has 2 aromatic carbocycles. The predicted octanol–water partition coefficient (Wildman–Crippen LogP) is 4.55. The minimum absolute atomic E-state index is 0.0482. The van der Waals surface area contributed by atoms with Crippen LogP contribution in [0.25, 0.3) is 0 Å². The number of nitro groups is 1. The second kappa shape index (κ2) is 6.05. The van der Waals surface area contributed by atoms with Gasteiger partial charge in [-0.3, -0.25) is 10.1 Å². The van der Waals surface area contributed by atoms with Gasteiger partial charge in [-0.2, -0.15) is 0 Å². The van der Waals surface area contributed by atoms with Gasteiger partial charge in [0.1, 0.15) is 16.8 Å². The minimum Gasteiger partial charge on any atom is -0.489 e. The number of nitro benzene ring substituents is 1. The van der Waals surface area contributed by atoms with Gasteiger partial charge in [0.05, 0.1) is 4.92 Å². The first-order chi connectivity index (χ1) is 9.49. The monoisotopic (exact) mass is 335 g/mol. The van der Waals surface area contributed by atoms with Crippen molar-refractivity contribution in [2.45, 2.75) is 20.5 Å². The molecule has 0 unspecified atom stereocenters. The molecule has 0 heterocycles. The van der Waals surface area contributed by atoms with Crippen LogP contribution in [-0.4, -0.2) is 4.92 Å². The van der Waals surface area contributed by atoms with Crippen LogP contribution in [0.3, 0.4) is 0 Å². The average Bonchev–Trinajstić information content (AvgIpc) is 2.41. The fourth-order valence-corrected chi connectivity index (χ4v) is 2.36. The van der Waals surface area contributed by atoms with E-state index in [-0.39, 0.29) is 12.3 Å². The van der Waals surface area contributed by atoms with Gasteiger partial charge in [0.2, 0.25) is 0 Å². The molecule has 0 radical (unpaired) electrons. The van der Waals surface area contributed by atoms with Crippen LogP contribution in [0, 0.1) is 24.0 Å². The fourth-order valence-electron chi connectivity index (χ4n) is 1.84. The summed E-state index contributed by atoms with van der Waals surface area (Å²) >= 11 is 3.27. The molecule has 0 saturated carbocycles. The van der Waals surface area contributed by atoms with Gasteiger partial charge in [0, 0.05) is 11.6 Å². The van der Waals surface area contributed by atoms with Crippen molar-refractivity contribution in [2.75, 3.05) is 0 Å². The highest BCUT2D eigenvalue weighted by atomic mass is 79.9. The molecule has 2 rings (SSSR count). The van der Waals surface area contributed by atoms with E-state index in [0.29, 0.717) is 4.47 Å². The summed E-state index contributed by atoms with van der Waals surface area (Å²) in [4.78, 5) is 10.5. The van der Waals surface area contributed by atoms with E-state index in [1.807, 2.05) is 38.1 Å². The van der Waals surface area contributed by atoms with Crippen LogP contribution in [0.1, 0.15) is 16.7 Å². The van der Waals surface area contributed by atoms with Crippen molar-refractivity contribution < 1.29 is 9.66 Å². The first kappa shape index (κ1) is 14.5. The number of ether oxygens (including phenoxy) is 1. The van der Waals surface area contributed by atoms with Crippen molar-refractivity contribution in [1.82, 2.24) is 0 Å². The Kier molecular flexibility index (Phi) is 4.39. The van der Waals surface area contributed by atoms with Crippen LogP contribution < -0.4 is 4.74 Å². The van der Waals surface area contributed by atoms with Crippen LogP contribution in [0.15, 0.2) is 40.9 Å². The lowest BCUT2D eigenvalue weighted by Crippen LogP contribution is -2.00. The largest absolute Gasteiger partial charge is 0.489 e. The standard InChI is InChI=1S/C15H14BrNO3/c1-10-6-7-11(2)14(8-10)20-9-12-4-3-5-13(15(12)16)17(18)19/h3-8H,9H2,1-2H3. The smallest absolute Gasteiger partial charge is 0.283 e. The first-order valence-electron chi connectivity index (χ1n) is 6.11. The van der Waals surface area contributed by atoms with Crippen molar-refractivity contribution in [1.29, 1.82) is 0 Å². The molecule has 0 aromatic heterocycles. The zero-order valence-electron chi connectivity index (χ0n) is 11.2. The van der Waals surface area contributed by atoms with Gasteiger partial charge in [-0.15, -0.1) is 0 Å². The lowest BCUT2D eigenvalue weighted by molar-refractivity contribution is -0.385. The Morgan fingerprint density at radius 2 is 2.00 bits per heavy atom. The van der Waals surface area contributed by atoms with E-state index < -0.39 is 4.92 Å². The molecule has 0 N–H and O–H groups in total. The number of aryl methyl sites for hydroxylation is 2. The Hall–Kier alpha value is -1.88. The van der Waals surface area contributed by atoms with Crippen LogP contribution in [0.4, 0.5) is 5.69 Å². The average molecular weight is 336 g/mol. The van der Waals surface area contributed by atoms with E-state index in [9.17, 15) is 10.1 Å². The Labute approximate surface area is 125 Å². The molecule has 4 nitrogen and oxygen atoms in total. The third-order valence-corrected chi connectivity index (χ3v) is 3.90. The van der Waals surface area contributed by atoms with Gasteiger partial charge in [0.15, 0.2) is 0 Å². The summed E-state index contributed by atoms with van der Waals surface area (Å²) in [5.41, 5.74) is 2.95. The summed E-state index contributed by atoms with van der Waals surface area (Å²) < 4.78 is 6.23. The first-order valence-corrected chi connectivity index (χ1v) is 6.90. The fraction of sp³-hybridized carbons (Fsp3) is 0.200. The lowest BCUT2D eigenvalue weighted by Gasteiger charge is -2.11. The molecule has 0 saturated heterocycles. The van der Waals surface area contributed by atoms with Crippen molar-refractivity contribution >= 4 is 21.6 Å². The van der Waals surface area contributed by atoms with Gasteiger partial charge in [-0.05, 0) is 47.0 Å². The van der Waals surface area contributed by atoms with Crippen LogP contribution >= 0.6 is 15.9 Å². The quantitative estimate of drug-likeness (QED) is 0.608. The number of nitrogens with zero attached hydrogens (tertiary/aromatic N) is 1. The highest BCUT2D eigenvalue weighted by molar-refractivity contribution is 9.10. The zero-order valence-corrected chi connectivity index (χ0v) is 12.8. The molecule has 2 aromatic rings. The van der Waals surface area contributed by atoms with E-state index in [1.165, 1.54) is 6.07 Å². The van der Waals surface area contributed by atoms with Crippen molar-refractivity contribution in [2.24, 2.45) is 0 Å². The molecule has 0 spiro atoms. The molecule has 0 amide bonds. The molecule has 0 aliphatic carbocycles.